The monoisotopic (exact) mass is 483 g/mol. The van der Waals surface area contributed by atoms with Gasteiger partial charge in [-0.15, -0.1) is 0 Å². The van der Waals surface area contributed by atoms with Crippen LogP contribution in [-0.4, -0.2) is 34.8 Å². The van der Waals surface area contributed by atoms with E-state index in [-0.39, 0.29) is 43.9 Å². The Hall–Kier alpha value is -3.72. The van der Waals surface area contributed by atoms with Crippen LogP contribution in [0.3, 0.4) is 0 Å². The summed E-state index contributed by atoms with van der Waals surface area (Å²) in [5.41, 5.74) is 8.41. The van der Waals surface area contributed by atoms with Crippen molar-refractivity contribution in [3.63, 3.8) is 0 Å². The smallest absolute Gasteiger partial charge is 0.253 e. The number of hydrogen-bond donors (Lipinski definition) is 1. The number of halogens is 4. The van der Waals surface area contributed by atoms with E-state index in [1.807, 2.05) is 6.07 Å². The van der Waals surface area contributed by atoms with Crippen LogP contribution in [0, 0.1) is 11.9 Å². The Morgan fingerprint density at radius 2 is 1.69 bits per heavy atom. The van der Waals surface area contributed by atoms with Crippen molar-refractivity contribution in [1.82, 2.24) is 9.88 Å². The maximum atomic E-state index is 14.5. The molecule has 0 aliphatic carbocycles. The molecule has 9 heteroatoms. The van der Waals surface area contributed by atoms with Crippen LogP contribution in [-0.2, 0) is 6.54 Å². The van der Waals surface area contributed by atoms with Gasteiger partial charge in [-0.1, -0.05) is 12.1 Å². The fraction of sp³-hybridized carbons (Fsp3) is 0.231. The van der Waals surface area contributed by atoms with E-state index in [0.29, 0.717) is 33.4 Å². The molecule has 180 valence electrons. The highest BCUT2D eigenvalue weighted by molar-refractivity contribution is 5.98. The van der Waals surface area contributed by atoms with Crippen LogP contribution in [0.2, 0.25) is 0 Å². The summed E-state index contributed by atoms with van der Waals surface area (Å²) < 4.78 is 60.6. The Morgan fingerprint density at radius 3 is 2.34 bits per heavy atom. The van der Waals surface area contributed by atoms with Crippen LogP contribution in [0.25, 0.3) is 33.2 Å². The standard InChI is InChI=1S/C26H21F4N3O2/c27-22-6-5-20(24(28)32-22)21-13-17(11-18-12-19(14-31)35-23(18)21)15-1-3-16(4-2-15)25(34)33-9-7-26(29,30)8-10-33/h1-6,11-13H,7-10,14,31H2. The van der Waals surface area contributed by atoms with E-state index in [0.717, 1.165) is 11.6 Å². The third-order valence-corrected chi connectivity index (χ3v) is 6.22. The Bertz CT molecular complexity index is 1410. The molecule has 35 heavy (non-hydrogen) atoms. The van der Waals surface area contributed by atoms with Gasteiger partial charge in [-0.05, 0) is 53.6 Å². The Morgan fingerprint density at radius 1 is 0.971 bits per heavy atom. The van der Waals surface area contributed by atoms with Crippen molar-refractivity contribution in [3.8, 4) is 22.3 Å². The van der Waals surface area contributed by atoms with Gasteiger partial charge in [-0.25, -0.2) is 8.78 Å². The Balaban J connectivity index is 1.50. The average molecular weight is 483 g/mol. The number of nitrogens with two attached hydrogens (primary N) is 1. The molecule has 1 amide bonds. The highest BCUT2D eigenvalue weighted by atomic mass is 19.3. The summed E-state index contributed by atoms with van der Waals surface area (Å²) in [5, 5.41) is 0.677. The number of carbonyl (C=O) groups is 1. The second-order valence-electron chi connectivity index (χ2n) is 8.56. The lowest BCUT2D eigenvalue weighted by Gasteiger charge is -2.31. The fourth-order valence-corrected chi connectivity index (χ4v) is 4.31. The first-order chi connectivity index (χ1) is 16.7. The lowest BCUT2D eigenvalue weighted by molar-refractivity contribution is -0.0494. The largest absolute Gasteiger partial charge is 0.459 e. The summed E-state index contributed by atoms with van der Waals surface area (Å²) in [4.78, 5) is 17.5. The molecule has 1 aliphatic rings. The maximum absolute atomic E-state index is 14.5. The van der Waals surface area contributed by atoms with Gasteiger partial charge in [-0.3, -0.25) is 4.79 Å². The molecular formula is C26H21F4N3O2. The number of piperidine rings is 1. The number of pyridine rings is 1. The van der Waals surface area contributed by atoms with Gasteiger partial charge in [0.25, 0.3) is 11.8 Å². The predicted octanol–water partition coefficient (Wildman–Crippen LogP) is 5.77. The zero-order valence-corrected chi connectivity index (χ0v) is 18.5. The van der Waals surface area contributed by atoms with Crippen molar-refractivity contribution >= 4 is 16.9 Å². The van der Waals surface area contributed by atoms with Crippen LogP contribution in [0.1, 0.15) is 29.0 Å². The molecule has 2 aromatic carbocycles. The second-order valence-corrected chi connectivity index (χ2v) is 8.56. The lowest BCUT2D eigenvalue weighted by atomic mass is 9.96. The van der Waals surface area contributed by atoms with Crippen LogP contribution in [0.15, 0.2) is 59.0 Å². The minimum Gasteiger partial charge on any atom is -0.459 e. The lowest BCUT2D eigenvalue weighted by Crippen LogP contribution is -2.42. The first-order valence-corrected chi connectivity index (χ1v) is 11.1. The summed E-state index contributed by atoms with van der Waals surface area (Å²) in [5.74, 6) is -4.43. The highest BCUT2D eigenvalue weighted by Gasteiger charge is 2.35. The van der Waals surface area contributed by atoms with Crippen molar-refractivity contribution in [2.75, 3.05) is 13.1 Å². The molecule has 2 N–H and O–H groups in total. The van der Waals surface area contributed by atoms with Crippen LogP contribution < -0.4 is 5.73 Å². The number of rotatable bonds is 4. The fourth-order valence-electron chi connectivity index (χ4n) is 4.31. The minimum absolute atomic E-state index is 0.00878. The van der Waals surface area contributed by atoms with Crippen LogP contribution in [0.4, 0.5) is 17.6 Å². The number of fused-ring (bicyclic) bond motifs is 1. The van der Waals surface area contributed by atoms with Crippen LogP contribution in [0.5, 0.6) is 0 Å². The first kappa shape index (κ1) is 23.0. The van der Waals surface area contributed by atoms with Crippen molar-refractivity contribution in [2.24, 2.45) is 5.73 Å². The number of hydrogen-bond acceptors (Lipinski definition) is 4. The Kier molecular flexibility index (Phi) is 5.80. The SMILES string of the molecule is NCc1cc2cc(-c3ccc(C(=O)N4CCC(F)(F)CC4)cc3)cc(-c3ccc(F)nc3F)c2o1. The van der Waals surface area contributed by atoms with Gasteiger partial charge in [0.15, 0.2) is 0 Å². The van der Waals surface area contributed by atoms with E-state index in [4.69, 9.17) is 10.2 Å². The number of amides is 1. The number of alkyl halides is 2. The van der Waals surface area contributed by atoms with Gasteiger partial charge in [0.05, 0.1) is 6.54 Å². The quantitative estimate of drug-likeness (QED) is 0.296. The number of furan rings is 1. The molecule has 5 rings (SSSR count). The zero-order valence-electron chi connectivity index (χ0n) is 18.5. The molecule has 2 aromatic heterocycles. The molecule has 0 spiro atoms. The second kappa shape index (κ2) is 8.81. The van der Waals surface area contributed by atoms with Gasteiger partial charge in [0.1, 0.15) is 11.3 Å². The van der Waals surface area contributed by atoms with Crippen molar-refractivity contribution in [3.05, 3.63) is 77.8 Å². The summed E-state index contributed by atoms with van der Waals surface area (Å²) in [6.45, 7) is 0.163. The predicted molar refractivity (Wildman–Crippen MR) is 123 cm³/mol. The third kappa shape index (κ3) is 4.51. The summed E-state index contributed by atoms with van der Waals surface area (Å²) in [6.07, 6.45) is -0.687. The number of carbonyl (C=O) groups excluding carboxylic acids is 1. The highest BCUT2D eigenvalue weighted by Crippen LogP contribution is 2.37. The first-order valence-electron chi connectivity index (χ1n) is 11.1. The normalized spacial score (nSPS) is 15.5. The van der Waals surface area contributed by atoms with Crippen molar-refractivity contribution in [2.45, 2.75) is 25.3 Å². The topological polar surface area (TPSA) is 72.4 Å². The van der Waals surface area contributed by atoms with Crippen molar-refractivity contribution < 1.29 is 26.8 Å². The number of likely N-dealkylation sites (tertiary alicyclic amines) is 1. The maximum Gasteiger partial charge on any atom is 0.253 e. The van der Waals surface area contributed by atoms with Gasteiger partial charge in [0.2, 0.25) is 11.9 Å². The van der Waals surface area contributed by atoms with Gasteiger partial charge < -0.3 is 15.1 Å². The third-order valence-electron chi connectivity index (χ3n) is 6.22. The number of aromatic nitrogens is 1. The van der Waals surface area contributed by atoms with Gasteiger partial charge in [0, 0.05) is 48.0 Å². The molecule has 0 radical (unpaired) electrons. The summed E-state index contributed by atoms with van der Waals surface area (Å²) >= 11 is 0. The molecule has 0 bridgehead atoms. The molecule has 1 fully saturated rings. The average Bonchev–Trinajstić information content (AvgIpc) is 3.27. The number of benzene rings is 2. The van der Waals surface area contributed by atoms with E-state index in [1.165, 1.54) is 11.0 Å². The molecule has 3 heterocycles. The van der Waals surface area contributed by atoms with E-state index < -0.39 is 17.8 Å². The summed E-state index contributed by atoms with van der Waals surface area (Å²) in [6, 6.07) is 14.4. The van der Waals surface area contributed by atoms with E-state index >= 15 is 0 Å². The molecule has 0 saturated carbocycles. The van der Waals surface area contributed by atoms with E-state index in [1.54, 1.807) is 36.4 Å². The number of nitrogens with zero attached hydrogens (tertiary/aromatic N) is 2. The zero-order chi connectivity index (χ0) is 24.7. The van der Waals surface area contributed by atoms with Crippen molar-refractivity contribution in [1.29, 1.82) is 0 Å². The molecule has 0 atom stereocenters. The summed E-state index contributed by atoms with van der Waals surface area (Å²) in [7, 11) is 0. The minimum atomic E-state index is -2.73. The molecular weight excluding hydrogens is 462 g/mol. The molecule has 0 unspecified atom stereocenters. The van der Waals surface area contributed by atoms with Gasteiger partial charge in [-0.2, -0.15) is 13.8 Å². The molecule has 1 aliphatic heterocycles. The molecule has 1 saturated heterocycles. The molecule has 4 aromatic rings. The Labute approximate surface area is 198 Å². The van der Waals surface area contributed by atoms with Crippen LogP contribution >= 0.6 is 0 Å². The van der Waals surface area contributed by atoms with Gasteiger partial charge >= 0.3 is 0 Å². The molecule has 5 nitrogen and oxygen atoms in total. The van der Waals surface area contributed by atoms with E-state index in [9.17, 15) is 22.4 Å². The van der Waals surface area contributed by atoms with E-state index in [2.05, 4.69) is 4.98 Å².